The molecule has 11 nitrogen and oxygen atoms in total. The van der Waals surface area contributed by atoms with E-state index in [1.54, 1.807) is 45.9 Å². The van der Waals surface area contributed by atoms with Crippen LogP contribution in [0.2, 0.25) is 0 Å². The molecule has 0 aromatic heterocycles. The van der Waals surface area contributed by atoms with E-state index in [1.807, 2.05) is 0 Å². The lowest BCUT2D eigenvalue weighted by molar-refractivity contribution is -0.183. The number of aromatic hydroxyl groups is 1. The quantitative estimate of drug-likeness (QED) is 0.351. The fourth-order valence-electron chi connectivity index (χ4n) is 5.19. The highest BCUT2D eigenvalue weighted by molar-refractivity contribution is 5.91. The number of hydrogen-bond donors (Lipinski definition) is 2. The summed E-state index contributed by atoms with van der Waals surface area (Å²) in [6.45, 7) is 7.96. The highest BCUT2D eigenvalue weighted by atomic mass is 16.7. The van der Waals surface area contributed by atoms with Crippen LogP contribution in [-0.4, -0.2) is 55.9 Å². The van der Waals surface area contributed by atoms with Crippen molar-refractivity contribution in [2.45, 2.75) is 58.8 Å². The number of fused-ring (bicyclic) bond motifs is 4. The molecule has 2 aromatic rings. The van der Waals surface area contributed by atoms with Crippen LogP contribution in [0, 0.1) is 5.92 Å². The normalized spacial score (nSPS) is 23.0. The molecule has 1 aliphatic carbocycles. The average molecular weight is 573 g/mol. The van der Waals surface area contributed by atoms with Gasteiger partial charge in [-0.15, -0.1) is 0 Å². The Bertz CT molecular complexity index is 1390. The molecule has 1 heterocycles. The molecule has 222 valence electrons. The van der Waals surface area contributed by atoms with Gasteiger partial charge in [0.25, 0.3) is 0 Å². The molecule has 0 saturated carbocycles. The van der Waals surface area contributed by atoms with Crippen molar-refractivity contribution < 1.29 is 53.0 Å². The van der Waals surface area contributed by atoms with Crippen molar-refractivity contribution >= 4 is 11.9 Å². The SMILES string of the molecule is CC=C(C)C(=O)OC1c2cc(OC)c(OC)c(OC)c2-c2c(cc3c(c2O)OCO3)C(OC(=O)CC)C(C)C1(C)O. The Morgan fingerprint density at radius 1 is 1.05 bits per heavy atom. The van der Waals surface area contributed by atoms with Crippen molar-refractivity contribution in [1.82, 2.24) is 0 Å². The smallest absolute Gasteiger partial charge is 0.334 e. The molecule has 4 unspecified atom stereocenters. The van der Waals surface area contributed by atoms with Crippen LogP contribution in [-0.2, 0) is 19.1 Å². The minimum atomic E-state index is -1.84. The molecular weight excluding hydrogens is 536 g/mol. The number of ether oxygens (including phenoxy) is 7. The number of phenols is 1. The van der Waals surface area contributed by atoms with Crippen LogP contribution in [0.5, 0.6) is 34.5 Å². The lowest BCUT2D eigenvalue weighted by Crippen LogP contribution is -2.46. The number of aliphatic hydroxyl groups is 1. The minimum absolute atomic E-state index is 0.0566. The summed E-state index contributed by atoms with van der Waals surface area (Å²) in [7, 11) is 4.26. The van der Waals surface area contributed by atoms with Crippen LogP contribution in [0.25, 0.3) is 11.1 Å². The van der Waals surface area contributed by atoms with Crippen LogP contribution in [0.3, 0.4) is 0 Å². The van der Waals surface area contributed by atoms with E-state index < -0.39 is 35.7 Å². The second-order valence-corrected chi connectivity index (χ2v) is 10.1. The van der Waals surface area contributed by atoms with Crippen molar-refractivity contribution in [1.29, 1.82) is 0 Å². The summed E-state index contributed by atoms with van der Waals surface area (Å²) in [5, 5.41) is 23.9. The maximum atomic E-state index is 13.2. The molecule has 4 atom stereocenters. The van der Waals surface area contributed by atoms with Gasteiger partial charge in [-0.3, -0.25) is 4.79 Å². The van der Waals surface area contributed by atoms with Crippen molar-refractivity contribution in [3.8, 4) is 45.6 Å². The van der Waals surface area contributed by atoms with E-state index in [-0.39, 0.29) is 64.4 Å². The van der Waals surface area contributed by atoms with Crippen LogP contribution in [0.15, 0.2) is 23.8 Å². The van der Waals surface area contributed by atoms with Gasteiger partial charge >= 0.3 is 11.9 Å². The maximum Gasteiger partial charge on any atom is 0.334 e. The van der Waals surface area contributed by atoms with E-state index in [9.17, 15) is 19.8 Å². The zero-order chi connectivity index (χ0) is 30.2. The zero-order valence-corrected chi connectivity index (χ0v) is 24.4. The van der Waals surface area contributed by atoms with E-state index in [0.29, 0.717) is 11.1 Å². The third-order valence-corrected chi connectivity index (χ3v) is 7.80. The predicted octanol–water partition coefficient (Wildman–Crippen LogP) is 4.76. The maximum absolute atomic E-state index is 13.2. The molecule has 1 aliphatic heterocycles. The van der Waals surface area contributed by atoms with Crippen molar-refractivity contribution in [3.05, 3.63) is 34.9 Å². The van der Waals surface area contributed by atoms with Gasteiger partial charge in [0.2, 0.25) is 18.3 Å². The van der Waals surface area contributed by atoms with Crippen LogP contribution in [0.1, 0.15) is 64.4 Å². The molecule has 4 rings (SSSR count). The fraction of sp³-hybridized carbons (Fsp3) is 0.467. The van der Waals surface area contributed by atoms with Gasteiger partial charge in [0.05, 0.1) is 21.3 Å². The Kier molecular flexibility index (Phi) is 8.30. The van der Waals surface area contributed by atoms with Gasteiger partial charge in [-0.1, -0.05) is 19.9 Å². The molecule has 0 bridgehead atoms. The molecule has 41 heavy (non-hydrogen) atoms. The Balaban J connectivity index is 2.21. The number of carbonyl (C=O) groups is 2. The second kappa shape index (κ2) is 11.4. The highest BCUT2D eigenvalue weighted by Crippen LogP contribution is 2.61. The van der Waals surface area contributed by atoms with E-state index >= 15 is 0 Å². The zero-order valence-electron chi connectivity index (χ0n) is 24.4. The third kappa shape index (κ3) is 4.88. The molecule has 0 saturated heterocycles. The first-order chi connectivity index (χ1) is 19.5. The number of methoxy groups -OCH3 is 3. The van der Waals surface area contributed by atoms with Gasteiger partial charge in [0, 0.05) is 40.2 Å². The molecule has 2 N–H and O–H groups in total. The van der Waals surface area contributed by atoms with Gasteiger partial charge in [-0.2, -0.15) is 0 Å². The van der Waals surface area contributed by atoms with E-state index in [4.69, 9.17) is 33.2 Å². The molecule has 0 amide bonds. The number of hydrogen-bond acceptors (Lipinski definition) is 11. The molecule has 2 aliphatic rings. The number of esters is 2. The lowest BCUT2D eigenvalue weighted by atomic mass is 9.71. The summed E-state index contributed by atoms with van der Waals surface area (Å²) in [6.07, 6.45) is -0.832. The number of phenolic OH excluding ortho intramolecular Hbond substituents is 1. The summed E-state index contributed by atoms with van der Waals surface area (Å²) < 4.78 is 40.2. The molecule has 11 heteroatoms. The molecule has 0 fully saturated rings. The van der Waals surface area contributed by atoms with Gasteiger partial charge in [-0.25, -0.2) is 4.79 Å². The first-order valence-corrected chi connectivity index (χ1v) is 13.2. The Morgan fingerprint density at radius 2 is 1.73 bits per heavy atom. The fourth-order valence-corrected chi connectivity index (χ4v) is 5.19. The molecule has 2 aromatic carbocycles. The standard InChI is InChI=1S/C30H36O11/c1-9-14(3)29(33)41-28-17-12-18(35-6)26(36-7)27(37-8)22(17)21-16(11-19-25(23(21)32)39-13-38-19)24(40-20(31)10-2)15(4)30(28,5)34/h9,11-12,15,24,28,32,34H,10,13H2,1-8H3. The topological polar surface area (TPSA) is 139 Å². The van der Waals surface area contributed by atoms with E-state index in [2.05, 4.69) is 0 Å². The van der Waals surface area contributed by atoms with Gasteiger partial charge in [0.1, 0.15) is 11.7 Å². The first-order valence-electron chi connectivity index (χ1n) is 13.2. The lowest BCUT2D eigenvalue weighted by Gasteiger charge is -2.43. The number of rotatable bonds is 7. The van der Waals surface area contributed by atoms with Crippen LogP contribution in [0.4, 0.5) is 0 Å². The van der Waals surface area contributed by atoms with Crippen LogP contribution >= 0.6 is 0 Å². The summed E-state index contributed by atoms with van der Waals surface area (Å²) in [5.41, 5.74) is -0.568. The average Bonchev–Trinajstić information content (AvgIpc) is 3.45. The van der Waals surface area contributed by atoms with Crippen LogP contribution < -0.4 is 23.7 Å². The van der Waals surface area contributed by atoms with Crippen molar-refractivity contribution in [3.63, 3.8) is 0 Å². The predicted molar refractivity (Wildman–Crippen MR) is 146 cm³/mol. The Morgan fingerprint density at radius 3 is 2.32 bits per heavy atom. The second-order valence-electron chi connectivity index (χ2n) is 10.1. The largest absolute Gasteiger partial charge is 0.504 e. The van der Waals surface area contributed by atoms with Crippen molar-refractivity contribution in [2.24, 2.45) is 5.92 Å². The summed E-state index contributed by atoms with van der Waals surface area (Å²) in [4.78, 5) is 25.9. The van der Waals surface area contributed by atoms with E-state index in [0.717, 1.165) is 0 Å². The third-order valence-electron chi connectivity index (χ3n) is 7.80. The number of benzene rings is 2. The van der Waals surface area contributed by atoms with Crippen molar-refractivity contribution in [2.75, 3.05) is 28.1 Å². The first kappa shape index (κ1) is 29.9. The molecule has 0 radical (unpaired) electrons. The number of carbonyl (C=O) groups excluding carboxylic acids is 2. The van der Waals surface area contributed by atoms with E-state index in [1.165, 1.54) is 28.3 Å². The monoisotopic (exact) mass is 572 g/mol. The highest BCUT2D eigenvalue weighted by Gasteiger charge is 2.51. The summed E-state index contributed by atoms with van der Waals surface area (Å²) >= 11 is 0. The summed E-state index contributed by atoms with van der Waals surface area (Å²) in [5.74, 6) is -1.58. The van der Waals surface area contributed by atoms with Gasteiger partial charge in [-0.05, 0) is 32.9 Å². The molecule has 0 spiro atoms. The Labute approximate surface area is 238 Å². The molecular formula is C30H36O11. The Hall–Kier alpha value is -4.12. The van der Waals surface area contributed by atoms with Gasteiger partial charge < -0.3 is 43.4 Å². The van der Waals surface area contributed by atoms with Gasteiger partial charge in [0.15, 0.2) is 29.1 Å². The number of allylic oxidation sites excluding steroid dienone is 1. The summed E-state index contributed by atoms with van der Waals surface area (Å²) in [6, 6.07) is 3.17. The minimum Gasteiger partial charge on any atom is -0.504 e.